The lowest BCUT2D eigenvalue weighted by molar-refractivity contribution is -0.111. The van der Waals surface area contributed by atoms with Gasteiger partial charge in [0.15, 0.2) is 0 Å². The maximum Gasteiger partial charge on any atom is 0.212 e. The van der Waals surface area contributed by atoms with E-state index < -0.39 is 6.04 Å². The molecule has 0 heterocycles. The summed E-state index contributed by atoms with van der Waals surface area (Å²) in [5, 5.41) is 8.36. The topological polar surface area (TPSA) is 49.3 Å². The first kappa shape index (κ1) is 8.67. The van der Waals surface area contributed by atoms with Gasteiger partial charge in [0.05, 0.1) is 6.61 Å². The minimum Gasteiger partial charge on any atom is -0.394 e. The van der Waals surface area contributed by atoms with Gasteiger partial charge in [-0.15, -0.1) is 0 Å². The highest BCUT2D eigenvalue weighted by Crippen LogP contribution is 1.93. The minimum atomic E-state index is -0.529. The van der Waals surface area contributed by atoms with Crippen LogP contribution in [-0.4, -0.2) is 21.5 Å². The molecule has 1 atom stereocenters. The van der Waals surface area contributed by atoms with Crippen LogP contribution in [0.1, 0.15) is 0 Å². The van der Waals surface area contributed by atoms with Gasteiger partial charge in [0.25, 0.3) is 0 Å². The molecule has 0 fully saturated rings. The van der Waals surface area contributed by atoms with Crippen LogP contribution in [0.25, 0.3) is 0 Å². The van der Waals surface area contributed by atoms with E-state index in [1.54, 1.807) is 22.6 Å². The Kier molecular flexibility index (Phi) is 4.92. The molecule has 0 aromatic carbocycles. The summed E-state index contributed by atoms with van der Waals surface area (Å²) in [5.41, 5.74) is 0. The van der Waals surface area contributed by atoms with Gasteiger partial charge in [-0.2, -0.15) is 0 Å². The van der Waals surface area contributed by atoms with E-state index in [0.717, 1.165) is 0 Å². The number of nitrogens with one attached hydrogen (secondary N) is 1. The molecular formula is C3H6INO2S. The molecule has 0 aliphatic carbocycles. The van der Waals surface area contributed by atoms with E-state index in [4.69, 9.17) is 5.11 Å². The number of carbonyl (C=O) groups is 1. The van der Waals surface area contributed by atoms with Crippen molar-refractivity contribution in [3.63, 3.8) is 0 Å². The van der Waals surface area contributed by atoms with Crippen molar-refractivity contribution < 1.29 is 9.90 Å². The lowest BCUT2D eigenvalue weighted by atomic mass is 10.4. The third kappa shape index (κ3) is 2.85. The molecule has 48 valence electrons. The lowest BCUT2D eigenvalue weighted by Crippen LogP contribution is -2.30. The molecule has 0 aliphatic rings. The number of hydrogen-bond donors (Lipinski definition) is 3. The third-order valence-electron chi connectivity index (χ3n) is 0.612. The maximum absolute atomic E-state index is 10.3. The number of halogens is 1. The highest BCUT2D eigenvalue weighted by atomic mass is 127. The van der Waals surface area contributed by atoms with Gasteiger partial charge in [-0.1, -0.05) is 12.8 Å². The normalized spacial score (nSPS) is 13.4. The number of aliphatic hydroxyl groups is 1. The van der Waals surface area contributed by atoms with Gasteiger partial charge in [0.2, 0.25) is 3.79 Å². The predicted molar refractivity (Wildman–Crippen MR) is 42.0 cm³/mol. The van der Waals surface area contributed by atoms with Crippen molar-refractivity contribution in [2.75, 3.05) is 6.61 Å². The van der Waals surface area contributed by atoms with E-state index in [2.05, 4.69) is 17.5 Å². The fourth-order valence-corrected chi connectivity index (χ4v) is 0.961. The zero-order chi connectivity index (χ0) is 6.57. The molecule has 0 saturated heterocycles. The Balaban J connectivity index is 3.52. The van der Waals surface area contributed by atoms with Crippen molar-refractivity contribution in [3.8, 4) is 0 Å². The first-order chi connectivity index (χ1) is 3.72. The van der Waals surface area contributed by atoms with Crippen molar-refractivity contribution in [1.29, 1.82) is 0 Å². The van der Waals surface area contributed by atoms with Gasteiger partial charge in [-0.3, -0.25) is 9.52 Å². The summed E-state index contributed by atoms with van der Waals surface area (Å²) < 4.78 is 2.20. The Morgan fingerprint density at radius 3 is 2.50 bits per heavy atom. The number of thiol groups is 1. The fourth-order valence-electron chi connectivity index (χ4n) is 0.163. The SMILES string of the molecule is O=C(I)[C@H](CO)NS. The molecule has 0 unspecified atom stereocenters. The van der Waals surface area contributed by atoms with Crippen molar-refractivity contribution >= 4 is 39.2 Å². The molecule has 0 radical (unpaired) electrons. The molecule has 0 spiro atoms. The minimum absolute atomic E-state index is 0.139. The molecular weight excluding hydrogens is 241 g/mol. The van der Waals surface area contributed by atoms with Crippen LogP contribution in [-0.2, 0) is 4.79 Å². The van der Waals surface area contributed by atoms with Crippen molar-refractivity contribution in [2.45, 2.75) is 6.04 Å². The predicted octanol–water partition coefficient (Wildman–Crippen LogP) is -0.257. The monoisotopic (exact) mass is 247 g/mol. The third-order valence-corrected chi connectivity index (χ3v) is 1.68. The molecule has 0 bridgehead atoms. The Morgan fingerprint density at radius 1 is 2.00 bits per heavy atom. The molecule has 0 aliphatic heterocycles. The molecule has 3 nitrogen and oxygen atoms in total. The average Bonchev–Trinajstić information content (AvgIpc) is 1.69. The Bertz CT molecular complexity index is 85.4. The van der Waals surface area contributed by atoms with Crippen LogP contribution >= 0.6 is 35.4 Å². The van der Waals surface area contributed by atoms with Gasteiger partial charge in [0, 0.05) is 22.6 Å². The quantitative estimate of drug-likeness (QED) is 0.366. The van der Waals surface area contributed by atoms with Crippen molar-refractivity contribution in [2.24, 2.45) is 0 Å². The highest BCUT2D eigenvalue weighted by Gasteiger charge is 2.10. The summed E-state index contributed by atoms with van der Waals surface area (Å²) in [4.78, 5) is 10.3. The van der Waals surface area contributed by atoms with Crippen LogP contribution in [0.4, 0.5) is 0 Å². The number of carbonyl (C=O) groups excluding carboxylic acids is 1. The maximum atomic E-state index is 10.3. The molecule has 2 N–H and O–H groups in total. The van der Waals surface area contributed by atoms with Crippen LogP contribution in [0.3, 0.4) is 0 Å². The summed E-state index contributed by atoms with van der Waals surface area (Å²) in [5.74, 6) is 0. The van der Waals surface area contributed by atoms with E-state index in [0.29, 0.717) is 0 Å². The molecule has 0 amide bonds. The second-order valence-corrected chi connectivity index (χ2v) is 2.49. The number of aliphatic hydroxyl groups excluding tert-OH is 1. The summed E-state index contributed by atoms with van der Waals surface area (Å²) in [6, 6.07) is -0.529. The number of rotatable bonds is 3. The van der Waals surface area contributed by atoms with E-state index in [-0.39, 0.29) is 10.4 Å². The van der Waals surface area contributed by atoms with E-state index in [1.807, 2.05) is 0 Å². The second kappa shape index (κ2) is 4.54. The standard InChI is InChI=1S/C3H6INO2S/c4-3(7)2(1-6)5-8/h2,5-6,8H,1H2/t2-/m0/s1. The highest BCUT2D eigenvalue weighted by molar-refractivity contribution is 14.1. The molecule has 0 rings (SSSR count). The van der Waals surface area contributed by atoms with E-state index in [1.165, 1.54) is 0 Å². The largest absolute Gasteiger partial charge is 0.394 e. The van der Waals surface area contributed by atoms with E-state index in [9.17, 15) is 4.79 Å². The molecule has 0 aromatic rings. The zero-order valence-corrected chi connectivity index (χ0v) is 7.02. The summed E-state index contributed by atoms with van der Waals surface area (Å²) in [7, 11) is 0. The van der Waals surface area contributed by atoms with Crippen LogP contribution in [0, 0.1) is 0 Å². The molecule has 5 heteroatoms. The summed E-state index contributed by atoms with van der Waals surface area (Å²) in [6.07, 6.45) is 0. The lowest BCUT2D eigenvalue weighted by Gasteiger charge is -2.03. The van der Waals surface area contributed by atoms with Crippen LogP contribution in [0.5, 0.6) is 0 Å². The zero-order valence-electron chi connectivity index (χ0n) is 3.97. The smallest absolute Gasteiger partial charge is 0.212 e. The van der Waals surface area contributed by atoms with E-state index >= 15 is 0 Å². The molecule has 0 saturated carbocycles. The average molecular weight is 247 g/mol. The molecule has 8 heavy (non-hydrogen) atoms. The fraction of sp³-hybridized carbons (Fsp3) is 0.667. The Morgan fingerprint density at radius 2 is 2.50 bits per heavy atom. The first-order valence-electron chi connectivity index (χ1n) is 1.92. The number of hydrogen-bond acceptors (Lipinski definition) is 4. The summed E-state index contributed by atoms with van der Waals surface area (Å²) >= 11 is 5.19. The van der Waals surface area contributed by atoms with Crippen molar-refractivity contribution in [1.82, 2.24) is 4.72 Å². The van der Waals surface area contributed by atoms with Crippen molar-refractivity contribution in [3.05, 3.63) is 0 Å². The summed E-state index contributed by atoms with van der Waals surface area (Å²) in [6.45, 7) is -0.203. The van der Waals surface area contributed by atoms with Gasteiger partial charge >= 0.3 is 0 Å². The second-order valence-electron chi connectivity index (χ2n) is 1.17. The van der Waals surface area contributed by atoms with Gasteiger partial charge in [0.1, 0.15) is 6.04 Å². The van der Waals surface area contributed by atoms with Crippen LogP contribution < -0.4 is 4.72 Å². The first-order valence-corrected chi connectivity index (χ1v) is 3.44. The van der Waals surface area contributed by atoms with Gasteiger partial charge in [-0.05, 0) is 0 Å². The molecule has 0 aromatic heterocycles. The van der Waals surface area contributed by atoms with Gasteiger partial charge < -0.3 is 5.11 Å². The van der Waals surface area contributed by atoms with Gasteiger partial charge in [-0.25, -0.2) is 0 Å². The van der Waals surface area contributed by atoms with Crippen LogP contribution in [0.15, 0.2) is 0 Å². The van der Waals surface area contributed by atoms with Crippen LogP contribution in [0.2, 0.25) is 0 Å². The Hall–Kier alpha value is 0.670. The Labute approximate surface area is 66.5 Å².